The SMILES string of the molecule is c1cnc2c(c1)OC1(CCNCC1)c1cccn1-2. The van der Waals surface area contributed by atoms with Gasteiger partial charge in [0, 0.05) is 25.2 Å². The van der Waals surface area contributed by atoms with Crippen LogP contribution < -0.4 is 10.1 Å². The summed E-state index contributed by atoms with van der Waals surface area (Å²) in [6.07, 6.45) is 5.90. The van der Waals surface area contributed by atoms with Crippen molar-refractivity contribution in [1.29, 1.82) is 0 Å². The third-order valence-electron chi connectivity index (χ3n) is 3.91. The van der Waals surface area contributed by atoms with Crippen LogP contribution in [0.25, 0.3) is 5.82 Å². The molecule has 0 aliphatic carbocycles. The lowest BCUT2D eigenvalue weighted by Gasteiger charge is -2.41. The summed E-state index contributed by atoms with van der Waals surface area (Å²) < 4.78 is 8.49. The number of rotatable bonds is 0. The summed E-state index contributed by atoms with van der Waals surface area (Å²) in [5, 5.41) is 3.40. The first-order valence-electron chi connectivity index (χ1n) is 6.42. The van der Waals surface area contributed by atoms with E-state index < -0.39 is 0 Å². The van der Waals surface area contributed by atoms with Crippen molar-refractivity contribution >= 4 is 0 Å². The molecule has 2 aromatic heterocycles. The number of nitrogens with one attached hydrogen (secondary N) is 1. The van der Waals surface area contributed by atoms with Gasteiger partial charge in [-0.3, -0.25) is 4.57 Å². The molecule has 4 rings (SSSR count). The van der Waals surface area contributed by atoms with Crippen LogP contribution in [-0.4, -0.2) is 22.6 Å². The van der Waals surface area contributed by atoms with Crippen LogP contribution in [0.15, 0.2) is 36.7 Å². The molecule has 2 aromatic rings. The van der Waals surface area contributed by atoms with Gasteiger partial charge < -0.3 is 10.1 Å². The Hall–Kier alpha value is -1.81. The number of hydrogen-bond acceptors (Lipinski definition) is 3. The molecular weight excluding hydrogens is 226 g/mol. The molecule has 1 fully saturated rings. The Labute approximate surface area is 106 Å². The fourth-order valence-corrected chi connectivity index (χ4v) is 3.03. The minimum atomic E-state index is -0.176. The second-order valence-corrected chi connectivity index (χ2v) is 4.93. The smallest absolute Gasteiger partial charge is 0.179 e. The van der Waals surface area contributed by atoms with Crippen molar-refractivity contribution in [3.8, 4) is 11.6 Å². The highest BCUT2D eigenvalue weighted by atomic mass is 16.5. The molecule has 0 saturated carbocycles. The summed E-state index contributed by atoms with van der Waals surface area (Å²) in [4.78, 5) is 4.43. The summed E-state index contributed by atoms with van der Waals surface area (Å²) in [7, 11) is 0. The van der Waals surface area contributed by atoms with E-state index in [4.69, 9.17) is 4.74 Å². The molecule has 92 valence electrons. The van der Waals surface area contributed by atoms with Gasteiger partial charge in [0.2, 0.25) is 0 Å². The van der Waals surface area contributed by atoms with Gasteiger partial charge in [0.15, 0.2) is 17.2 Å². The first-order chi connectivity index (χ1) is 8.89. The zero-order valence-corrected chi connectivity index (χ0v) is 10.1. The van der Waals surface area contributed by atoms with Crippen LogP contribution in [0.1, 0.15) is 18.5 Å². The van der Waals surface area contributed by atoms with Crippen molar-refractivity contribution < 1.29 is 4.74 Å². The molecule has 18 heavy (non-hydrogen) atoms. The number of nitrogens with zero attached hydrogens (tertiary/aromatic N) is 2. The Morgan fingerprint density at radius 1 is 1.22 bits per heavy atom. The second-order valence-electron chi connectivity index (χ2n) is 4.93. The predicted molar refractivity (Wildman–Crippen MR) is 68.0 cm³/mol. The minimum absolute atomic E-state index is 0.176. The Balaban J connectivity index is 1.92. The highest BCUT2D eigenvalue weighted by molar-refractivity contribution is 5.47. The van der Waals surface area contributed by atoms with Crippen LogP contribution in [0.2, 0.25) is 0 Å². The van der Waals surface area contributed by atoms with Gasteiger partial charge in [0.05, 0.1) is 5.69 Å². The fourth-order valence-electron chi connectivity index (χ4n) is 3.03. The van der Waals surface area contributed by atoms with E-state index >= 15 is 0 Å². The largest absolute Gasteiger partial charge is 0.477 e. The highest BCUT2D eigenvalue weighted by Crippen LogP contribution is 2.42. The lowest BCUT2D eigenvalue weighted by Crippen LogP contribution is -2.46. The maximum Gasteiger partial charge on any atom is 0.179 e. The lowest BCUT2D eigenvalue weighted by atomic mass is 9.87. The van der Waals surface area contributed by atoms with Crippen LogP contribution in [0.4, 0.5) is 0 Å². The van der Waals surface area contributed by atoms with Crippen LogP contribution in [0.3, 0.4) is 0 Å². The number of hydrogen-bond donors (Lipinski definition) is 1. The number of piperidine rings is 1. The molecule has 4 heterocycles. The van der Waals surface area contributed by atoms with Gasteiger partial charge in [-0.25, -0.2) is 4.98 Å². The molecule has 1 spiro atoms. The average molecular weight is 241 g/mol. The second kappa shape index (κ2) is 3.59. The lowest BCUT2D eigenvalue weighted by molar-refractivity contribution is 0.0195. The molecule has 0 bridgehead atoms. The van der Waals surface area contributed by atoms with Gasteiger partial charge in [0.1, 0.15) is 0 Å². The molecule has 0 unspecified atom stereocenters. The van der Waals surface area contributed by atoms with Crippen molar-refractivity contribution in [1.82, 2.24) is 14.9 Å². The maximum atomic E-state index is 6.32. The molecule has 2 aliphatic heterocycles. The zero-order valence-electron chi connectivity index (χ0n) is 10.1. The predicted octanol–water partition coefficient (Wildman–Crippen LogP) is 1.84. The molecule has 0 radical (unpaired) electrons. The minimum Gasteiger partial charge on any atom is -0.477 e. The van der Waals surface area contributed by atoms with E-state index in [1.54, 1.807) is 0 Å². The van der Waals surface area contributed by atoms with E-state index in [1.807, 2.05) is 18.3 Å². The molecule has 1 saturated heterocycles. The summed E-state index contributed by atoms with van der Waals surface area (Å²) in [6, 6.07) is 8.17. The molecular formula is C14H15N3O. The molecule has 2 aliphatic rings. The Bertz CT molecular complexity index is 584. The molecule has 4 heteroatoms. The van der Waals surface area contributed by atoms with Crippen molar-refractivity contribution in [3.05, 3.63) is 42.4 Å². The molecule has 1 N–H and O–H groups in total. The third kappa shape index (κ3) is 1.26. The average Bonchev–Trinajstić information content (AvgIpc) is 2.90. The van der Waals surface area contributed by atoms with E-state index in [1.165, 1.54) is 5.69 Å². The van der Waals surface area contributed by atoms with Gasteiger partial charge in [-0.1, -0.05) is 0 Å². The number of ether oxygens (including phenoxy) is 1. The standard InChI is InChI=1S/C14H15N3O/c1-3-11-13(16-7-1)17-10-2-4-12(17)14(18-11)5-8-15-9-6-14/h1-4,7,10,15H,5-6,8-9H2. The van der Waals surface area contributed by atoms with Crippen LogP contribution >= 0.6 is 0 Å². The number of pyridine rings is 1. The van der Waals surface area contributed by atoms with E-state index in [9.17, 15) is 0 Å². The molecule has 4 nitrogen and oxygen atoms in total. The van der Waals surface area contributed by atoms with Gasteiger partial charge in [-0.2, -0.15) is 0 Å². The zero-order chi connectivity index (χ0) is 12.0. The summed E-state index contributed by atoms with van der Waals surface area (Å²) in [6.45, 7) is 2.00. The third-order valence-corrected chi connectivity index (χ3v) is 3.91. The Morgan fingerprint density at radius 2 is 2.11 bits per heavy atom. The Kier molecular flexibility index (Phi) is 2.02. The van der Waals surface area contributed by atoms with Gasteiger partial charge >= 0.3 is 0 Å². The van der Waals surface area contributed by atoms with E-state index in [2.05, 4.69) is 33.2 Å². The number of aromatic nitrogens is 2. The normalized spacial score (nSPS) is 20.0. The fraction of sp³-hybridized carbons (Fsp3) is 0.357. The van der Waals surface area contributed by atoms with Gasteiger partial charge in [0.25, 0.3) is 0 Å². The Morgan fingerprint density at radius 3 is 3.00 bits per heavy atom. The van der Waals surface area contributed by atoms with Crippen molar-refractivity contribution in [2.45, 2.75) is 18.4 Å². The topological polar surface area (TPSA) is 39.1 Å². The highest BCUT2D eigenvalue weighted by Gasteiger charge is 2.42. The van der Waals surface area contributed by atoms with Crippen LogP contribution in [-0.2, 0) is 5.60 Å². The van der Waals surface area contributed by atoms with E-state index in [0.717, 1.165) is 37.5 Å². The number of fused-ring (bicyclic) bond motifs is 4. The van der Waals surface area contributed by atoms with Crippen molar-refractivity contribution in [2.24, 2.45) is 0 Å². The quantitative estimate of drug-likeness (QED) is 0.765. The molecule has 0 amide bonds. The first kappa shape index (κ1) is 10.1. The van der Waals surface area contributed by atoms with Gasteiger partial charge in [-0.05, 0) is 37.4 Å². The van der Waals surface area contributed by atoms with E-state index in [0.29, 0.717) is 0 Å². The summed E-state index contributed by atoms with van der Waals surface area (Å²) >= 11 is 0. The summed E-state index contributed by atoms with van der Waals surface area (Å²) in [5.41, 5.74) is 1.06. The van der Waals surface area contributed by atoms with Crippen LogP contribution in [0, 0.1) is 0 Å². The van der Waals surface area contributed by atoms with Crippen molar-refractivity contribution in [3.63, 3.8) is 0 Å². The maximum absolute atomic E-state index is 6.32. The first-order valence-corrected chi connectivity index (χ1v) is 6.42. The van der Waals surface area contributed by atoms with Gasteiger partial charge in [-0.15, -0.1) is 0 Å². The monoisotopic (exact) mass is 241 g/mol. The van der Waals surface area contributed by atoms with Crippen molar-refractivity contribution in [2.75, 3.05) is 13.1 Å². The van der Waals surface area contributed by atoms with E-state index in [-0.39, 0.29) is 5.60 Å². The summed E-state index contributed by atoms with van der Waals surface area (Å²) in [5.74, 6) is 1.80. The molecule has 0 aromatic carbocycles. The molecule has 0 atom stereocenters. The van der Waals surface area contributed by atoms with Crippen LogP contribution in [0.5, 0.6) is 5.75 Å².